The van der Waals surface area contributed by atoms with Crippen molar-refractivity contribution in [3.05, 3.63) is 64.1 Å². The van der Waals surface area contributed by atoms with Crippen LogP contribution in [0, 0.1) is 0 Å². The highest BCUT2D eigenvalue weighted by Gasteiger charge is 2.08. The molecule has 18 heavy (non-hydrogen) atoms. The molecule has 0 aliphatic rings. The monoisotopic (exact) mass is 298 g/mol. The van der Waals surface area contributed by atoms with Crippen molar-refractivity contribution in [1.29, 1.82) is 0 Å². The van der Waals surface area contributed by atoms with E-state index in [0.717, 1.165) is 15.5 Å². The predicted octanol–water partition coefficient (Wildman–Crippen LogP) is 4.82. The van der Waals surface area contributed by atoms with E-state index >= 15 is 0 Å². The summed E-state index contributed by atoms with van der Waals surface area (Å²) < 4.78 is 0. The van der Waals surface area contributed by atoms with Crippen LogP contribution in [0.1, 0.15) is 11.7 Å². The first-order valence-corrected chi connectivity index (χ1v) is 7.21. The van der Waals surface area contributed by atoms with Crippen LogP contribution in [0.5, 0.6) is 0 Å². The maximum absolute atomic E-state index is 10.0. The summed E-state index contributed by atoms with van der Waals surface area (Å²) in [6, 6.07) is 14.8. The molecule has 2 aromatic rings. The number of hydrogen-bond donors (Lipinski definition) is 1. The van der Waals surface area contributed by atoms with Gasteiger partial charge in [-0.05, 0) is 42.0 Å². The van der Waals surface area contributed by atoms with E-state index in [-0.39, 0.29) is 0 Å². The van der Waals surface area contributed by atoms with E-state index in [1.807, 2.05) is 36.4 Å². The summed E-state index contributed by atoms with van der Waals surface area (Å²) in [5, 5.41) is 11.4. The summed E-state index contributed by atoms with van der Waals surface area (Å²) in [7, 11) is 0. The van der Waals surface area contributed by atoms with Crippen LogP contribution < -0.4 is 0 Å². The molecule has 0 bridgehead atoms. The summed E-state index contributed by atoms with van der Waals surface area (Å²) in [6.45, 7) is 0. The van der Waals surface area contributed by atoms with Gasteiger partial charge in [-0.25, -0.2) is 0 Å². The van der Waals surface area contributed by atoms with E-state index in [2.05, 4.69) is 0 Å². The van der Waals surface area contributed by atoms with Gasteiger partial charge in [0.15, 0.2) is 0 Å². The minimum atomic E-state index is -0.497. The Morgan fingerprint density at radius 2 is 1.39 bits per heavy atom. The van der Waals surface area contributed by atoms with Gasteiger partial charge in [0.05, 0.1) is 6.10 Å². The van der Waals surface area contributed by atoms with Crippen LogP contribution >= 0.6 is 35.0 Å². The highest BCUT2D eigenvalue weighted by Crippen LogP contribution is 2.26. The van der Waals surface area contributed by atoms with Gasteiger partial charge < -0.3 is 5.11 Å². The molecule has 2 rings (SSSR count). The van der Waals surface area contributed by atoms with Crippen molar-refractivity contribution in [2.24, 2.45) is 0 Å². The molecule has 0 aliphatic carbocycles. The van der Waals surface area contributed by atoms with Crippen LogP contribution in [-0.4, -0.2) is 10.9 Å². The largest absolute Gasteiger partial charge is 0.388 e. The van der Waals surface area contributed by atoms with Crippen molar-refractivity contribution in [3.8, 4) is 0 Å². The fourth-order valence-corrected chi connectivity index (χ4v) is 2.61. The van der Waals surface area contributed by atoms with E-state index in [1.54, 1.807) is 23.9 Å². The van der Waals surface area contributed by atoms with Gasteiger partial charge in [0.1, 0.15) is 0 Å². The molecule has 0 aromatic heterocycles. The molecule has 4 heteroatoms. The highest BCUT2D eigenvalue weighted by molar-refractivity contribution is 7.99. The van der Waals surface area contributed by atoms with Crippen LogP contribution in [-0.2, 0) is 0 Å². The standard InChI is InChI=1S/C14H12Cl2OS/c15-11-3-1-10(2-4-11)14(17)9-18-13-7-5-12(16)6-8-13/h1-8,14,17H,9H2. The SMILES string of the molecule is OC(CSc1ccc(Cl)cc1)c1ccc(Cl)cc1. The number of hydrogen-bond acceptors (Lipinski definition) is 2. The maximum atomic E-state index is 10.0. The molecule has 1 atom stereocenters. The molecule has 0 saturated carbocycles. The van der Waals surface area contributed by atoms with Crippen LogP contribution in [0.3, 0.4) is 0 Å². The summed E-state index contributed by atoms with van der Waals surface area (Å²) in [5.41, 5.74) is 0.876. The van der Waals surface area contributed by atoms with Crippen LogP contribution in [0.2, 0.25) is 10.0 Å². The molecule has 0 aliphatic heterocycles. The molecule has 1 N–H and O–H groups in total. The van der Waals surface area contributed by atoms with Crippen molar-refractivity contribution in [2.75, 3.05) is 5.75 Å². The third kappa shape index (κ3) is 3.92. The lowest BCUT2D eigenvalue weighted by molar-refractivity contribution is 0.204. The molecule has 0 heterocycles. The molecule has 0 amide bonds. The molecule has 0 saturated heterocycles. The summed E-state index contributed by atoms with van der Waals surface area (Å²) >= 11 is 13.2. The highest BCUT2D eigenvalue weighted by atomic mass is 35.5. The van der Waals surface area contributed by atoms with E-state index < -0.39 is 6.10 Å². The lowest BCUT2D eigenvalue weighted by Crippen LogP contribution is -1.99. The summed E-state index contributed by atoms with van der Waals surface area (Å²) in [4.78, 5) is 1.09. The number of aliphatic hydroxyl groups excluding tert-OH is 1. The summed E-state index contributed by atoms with van der Waals surface area (Å²) in [6.07, 6.45) is -0.497. The molecule has 0 radical (unpaired) electrons. The first-order chi connectivity index (χ1) is 8.65. The van der Waals surface area contributed by atoms with E-state index in [1.165, 1.54) is 0 Å². The second-order valence-corrected chi connectivity index (χ2v) is 5.80. The van der Waals surface area contributed by atoms with Crippen molar-refractivity contribution in [2.45, 2.75) is 11.0 Å². The van der Waals surface area contributed by atoms with Crippen molar-refractivity contribution < 1.29 is 5.11 Å². The summed E-state index contributed by atoms with van der Waals surface area (Å²) in [5.74, 6) is 0.600. The number of rotatable bonds is 4. The molecular formula is C14H12Cl2OS. The Bertz CT molecular complexity index is 496. The normalized spacial score (nSPS) is 12.4. The minimum absolute atomic E-state index is 0.497. The quantitative estimate of drug-likeness (QED) is 0.817. The Morgan fingerprint density at radius 3 is 1.94 bits per heavy atom. The molecule has 94 valence electrons. The third-order valence-corrected chi connectivity index (χ3v) is 4.07. The zero-order valence-corrected chi connectivity index (χ0v) is 11.8. The van der Waals surface area contributed by atoms with Crippen molar-refractivity contribution in [1.82, 2.24) is 0 Å². The lowest BCUT2D eigenvalue weighted by Gasteiger charge is -2.10. The molecule has 2 aromatic carbocycles. The Hall–Kier alpha value is -0.670. The first kappa shape index (κ1) is 13.8. The maximum Gasteiger partial charge on any atom is 0.0883 e. The zero-order chi connectivity index (χ0) is 13.0. The fourth-order valence-electron chi connectivity index (χ4n) is 1.49. The van der Waals surface area contributed by atoms with Crippen LogP contribution in [0.25, 0.3) is 0 Å². The lowest BCUT2D eigenvalue weighted by atomic mass is 10.1. The van der Waals surface area contributed by atoms with Crippen LogP contribution in [0.4, 0.5) is 0 Å². The molecule has 1 nitrogen and oxygen atoms in total. The second kappa shape index (κ2) is 6.48. The van der Waals surface area contributed by atoms with Gasteiger partial charge in [-0.1, -0.05) is 35.3 Å². The van der Waals surface area contributed by atoms with Crippen LogP contribution in [0.15, 0.2) is 53.4 Å². The van der Waals surface area contributed by atoms with Gasteiger partial charge in [0.25, 0.3) is 0 Å². The average Bonchev–Trinajstić information content (AvgIpc) is 2.38. The zero-order valence-electron chi connectivity index (χ0n) is 9.51. The smallest absolute Gasteiger partial charge is 0.0883 e. The molecule has 0 spiro atoms. The Kier molecular flexibility index (Phi) is 4.95. The van der Waals surface area contributed by atoms with Gasteiger partial charge in [0, 0.05) is 20.7 Å². The number of aliphatic hydroxyl groups is 1. The third-order valence-electron chi connectivity index (χ3n) is 2.48. The Labute approximate surface area is 121 Å². The van der Waals surface area contributed by atoms with Gasteiger partial charge >= 0.3 is 0 Å². The van der Waals surface area contributed by atoms with Gasteiger partial charge in [-0.2, -0.15) is 0 Å². The Balaban J connectivity index is 1.93. The van der Waals surface area contributed by atoms with E-state index in [9.17, 15) is 5.11 Å². The fraction of sp³-hybridized carbons (Fsp3) is 0.143. The van der Waals surface area contributed by atoms with Gasteiger partial charge in [-0.3, -0.25) is 0 Å². The minimum Gasteiger partial charge on any atom is -0.388 e. The molecule has 1 unspecified atom stereocenters. The van der Waals surface area contributed by atoms with Gasteiger partial charge in [-0.15, -0.1) is 11.8 Å². The van der Waals surface area contributed by atoms with E-state index in [0.29, 0.717) is 10.8 Å². The van der Waals surface area contributed by atoms with E-state index in [4.69, 9.17) is 23.2 Å². The number of thioether (sulfide) groups is 1. The van der Waals surface area contributed by atoms with Crippen molar-refractivity contribution >= 4 is 35.0 Å². The topological polar surface area (TPSA) is 20.2 Å². The average molecular weight is 299 g/mol. The number of halogens is 2. The van der Waals surface area contributed by atoms with Crippen molar-refractivity contribution in [3.63, 3.8) is 0 Å². The Morgan fingerprint density at radius 1 is 0.889 bits per heavy atom. The number of benzene rings is 2. The van der Waals surface area contributed by atoms with Gasteiger partial charge in [0.2, 0.25) is 0 Å². The predicted molar refractivity (Wildman–Crippen MR) is 78.6 cm³/mol. The molecular weight excluding hydrogens is 287 g/mol. The second-order valence-electron chi connectivity index (χ2n) is 3.83. The first-order valence-electron chi connectivity index (χ1n) is 5.47. The molecule has 0 fully saturated rings.